The average molecular weight is 269 g/mol. The molecule has 1 spiro atoms. The predicted molar refractivity (Wildman–Crippen MR) is 63.4 cm³/mol. The van der Waals surface area contributed by atoms with Crippen molar-refractivity contribution in [3.63, 3.8) is 0 Å². The molecule has 1 heterocycles. The van der Waals surface area contributed by atoms with E-state index in [0.717, 1.165) is 6.07 Å². The number of hydrogen-bond acceptors (Lipinski definition) is 3. The van der Waals surface area contributed by atoms with Gasteiger partial charge in [0.2, 0.25) is 5.91 Å². The first kappa shape index (κ1) is 11.6. The molecule has 1 aliphatic carbocycles. The van der Waals surface area contributed by atoms with E-state index in [-0.39, 0.29) is 10.6 Å². The van der Waals surface area contributed by atoms with Crippen molar-refractivity contribution >= 4 is 21.4 Å². The molecule has 2 aliphatic rings. The number of benzene rings is 1. The van der Waals surface area contributed by atoms with Gasteiger partial charge >= 0.3 is 0 Å². The number of hydrogen-bond donors (Lipinski definition) is 1. The van der Waals surface area contributed by atoms with Crippen LogP contribution in [0.4, 0.5) is 10.1 Å². The van der Waals surface area contributed by atoms with Crippen LogP contribution < -0.4 is 5.32 Å². The van der Waals surface area contributed by atoms with Crippen LogP contribution in [0.25, 0.3) is 0 Å². The van der Waals surface area contributed by atoms with Gasteiger partial charge in [0.05, 0.1) is 10.6 Å². The quantitative estimate of drug-likeness (QED) is 0.782. The van der Waals surface area contributed by atoms with E-state index >= 15 is 0 Å². The number of amides is 1. The second-order valence-corrected chi connectivity index (χ2v) is 7.00. The number of carbonyl (C=O) groups excluding carboxylic acids is 1. The fourth-order valence-electron chi connectivity index (χ4n) is 2.85. The zero-order valence-electron chi connectivity index (χ0n) is 9.57. The molecule has 4 nitrogen and oxygen atoms in total. The normalized spacial score (nSPS) is 23.7. The number of rotatable bonds is 0. The lowest BCUT2D eigenvalue weighted by Crippen LogP contribution is -2.51. The van der Waals surface area contributed by atoms with Crippen LogP contribution in [0, 0.1) is 5.82 Å². The van der Waals surface area contributed by atoms with E-state index in [9.17, 15) is 17.6 Å². The Bertz CT molecular complexity index is 633. The summed E-state index contributed by atoms with van der Waals surface area (Å²) in [5.41, 5.74) is -0.208. The third-order valence-corrected chi connectivity index (χ3v) is 6.38. The maximum atomic E-state index is 13.6. The van der Waals surface area contributed by atoms with E-state index in [0.29, 0.717) is 25.7 Å². The number of halogens is 1. The Hall–Kier alpha value is -1.43. The van der Waals surface area contributed by atoms with Crippen molar-refractivity contribution in [2.24, 2.45) is 0 Å². The molecule has 1 aromatic carbocycles. The summed E-state index contributed by atoms with van der Waals surface area (Å²) in [4.78, 5) is 12.0. The Morgan fingerprint density at radius 3 is 2.56 bits per heavy atom. The minimum atomic E-state index is -3.81. The molecule has 0 radical (unpaired) electrons. The molecule has 0 bridgehead atoms. The lowest BCUT2D eigenvalue weighted by atomic mass is 10.1. The zero-order valence-corrected chi connectivity index (χ0v) is 10.4. The molecule has 1 aliphatic heterocycles. The van der Waals surface area contributed by atoms with Crippen LogP contribution in [0.2, 0.25) is 0 Å². The van der Waals surface area contributed by atoms with Gasteiger partial charge in [0.25, 0.3) is 0 Å². The summed E-state index contributed by atoms with van der Waals surface area (Å²) in [6.07, 6.45) is 2.04. The largest absolute Gasteiger partial charge is 0.321 e. The SMILES string of the molecule is O=C1Nc2c(F)cccc2S(=O)(=O)C12CCCC2. The van der Waals surface area contributed by atoms with Gasteiger partial charge in [-0.25, -0.2) is 12.8 Å². The van der Waals surface area contributed by atoms with E-state index < -0.39 is 26.3 Å². The molecule has 1 fully saturated rings. The van der Waals surface area contributed by atoms with Gasteiger partial charge in [-0.15, -0.1) is 0 Å². The summed E-state index contributed by atoms with van der Waals surface area (Å²) in [7, 11) is -3.81. The molecule has 96 valence electrons. The summed E-state index contributed by atoms with van der Waals surface area (Å²) < 4.78 is 37.3. The van der Waals surface area contributed by atoms with Crippen molar-refractivity contribution in [1.29, 1.82) is 0 Å². The summed E-state index contributed by atoms with van der Waals surface area (Å²) >= 11 is 0. The van der Waals surface area contributed by atoms with Gasteiger partial charge in [0.1, 0.15) is 5.82 Å². The molecule has 1 saturated carbocycles. The Morgan fingerprint density at radius 2 is 1.89 bits per heavy atom. The smallest absolute Gasteiger partial charge is 0.246 e. The van der Waals surface area contributed by atoms with Crippen LogP contribution in [-0.4, -0.2) is 19.1 Å². The zero-order chi connectivity index (χ0) is 13.0. The lowest BCUT2D eigenvalue weighted by Gasteiger charge is -2.33. The molecule has 0 aromatic heterocycles. The maximum absolute atomic E-state index is 13.6. The van der Waals surface area contributed by atoms with Gasteiger partial charge < -0.3 is 5.32 Å². The van der Waals surface area contributed by atoms with Crippen molar-refractivity contribution < 1.29 is 17.6 Å². The number of fused-ring (bicyclic) bond motifs is 1. The molecule has 1 aromatic rings. The van der Waals surface area contributed by atoms with Gasteiger partial charge in [-0.2, -0.15) is 0 Å². The van der Waals surface area contributed by atoms with Gasteiger partial charge in [-0.3, -0.25) is 4.79 Å². The highest BCUT2D eigenvalue weighted by Gasteiger charge is 2.56. The molecular weight excluding hydrogens is 257 g/mol. The summed E-state index contributed by atoms with van der Waals surface area (Å²) in [6.45, 7) is 0. The summed E-state index contributed by atoms with van der Waals surface area (Å²) in [5, 5.41) is 2.42. The van der Waals surface area contributed by atoms with Gasteiger partial charge in [-0.1, -0.05) is 18.9 Å². The second-order valence-electron chi connectivity index (χ2n) is 4.77. The first-order chi connectivity index (χ1) is 8.49. The molecule has 0 saturated heterocycles. The number of anilines is 1. The Balaban J connectivity index is 2.30. The van der Waals surface area contributed by atoms with Crippen LogP contribution in [-0.2, 0) is 14.6 Å². The van der Waals surface area contributed by atoms with Crippen LogP contribution in [0.5, 0.6) is 0 Å². The van der Waals surface area contributed by atoms with E-state index in [1.54, 1.807) is 0 Å². The van der Waals surface area contributed by atoms with Crippen molar-refractivity contribution in [2.45, 2.75) is 35.3 Å². The number of sulfone groups is 1. The Labute approximate surface area is 104 Å². The third-order valence-electron chi connectivity index (χ3n) is 3.84. The number of para-hydroxylation sites is 1. The average Bonchev–Trinajstić information content (AvgIpc) is 2.80. The second kappa shape index (κ2) is 3.54. The van der Waals surface area contributed by atoms with Gasteiger partial charge in [0.15, 0.2) is 14.6 Å². The molecular formula is C12H12FNO3S. The molecule has 1 amide bonds. The first-order valence-electron chi connectivity index (χ1n) is 5.84. The van der Waals surface area contributed by atoms with E-state index in [4.69, 9.17) is 0 Å². The fraction of sp³-hybridized carbons (Fsp3) is 0.417. The minimum absolute atomic E-state index is 0.0935. The van der Waals surface area contributed by atoms with Gasteiger partial charge in [-0.05, 0) is 25.0 Å². The number of nitrogens with one attached hydrogen (secondary N) is 1. The highest BCUT2D eigenvalue weighted by molar-refractivity contribution is 7.94. The monoisotopic (exact) mass is 269 g/mol. The van der Waals surface area contributed by atoms with Gasteiger partial charge in [0, 0.05) is 0 Å². The topological polar surface area (TPSA) is 63.2 Å². The molecule has 18 heavy (non-hydrogen) atoms. The van der Waals surface area contributed by atoms with Crippen LogP contribution in [0.15, 0.2) is 23.1 Å². The standard InChI is InChI=1S/C12H12FNO3S/c13-8-4-3-5-9-10(8)14-11(15)12(18(9,16)17)6-1-2-7-12/h3-5H,1-2,6-7H2,(H,14,15). The lowest BCUT2D eigenvalue weighted by molar-refractivity contribution is -0.118. The summed E-state index contributed by atoms with van der Waals surface area (Å²) in [5.74, 6) is -1.30. The molecule has 1 N–H and O–H groups in total. The van der Waals surface area contributed by atoms with Crippen LogP contribution >= 0.6 is 0 Å². The minimum Gasteiger partial charge on any atom is -0.321 e. The summed E-state index contributed by atoms with van der Waals surface area (Å²) in [6, 6.07) is 3.85. The van der Waals surface area contributed by atoms with Crippen molar-refractivity contribution in [3.8, 4) is 0 Å². The van der Waals surface area contributed by atoms with Crippen LogP contribution in [0.3, 0.4) is 0 Å². The van der Waals surface area contributed by atoms with Crippen LogP contribution in [0.1, 0.15) is 25.7 Å². The van der Waals surface area contributed by atoms with Crippen molar-refractivity contribution in [3.05, 3.63) is 24.0 Å². The Kier molecular flexibility index (Phi) is 2.29. The predicted octanol–water partition coefficient (Wildman–Crippen LogP) is 1.86. The van der Waals surface area contributed by atoms with E-state index in [1.807, 2.05) is 0 Å². The number of carbonyl (C=O) groups is 1. The highest BCUT2D eigenvalue weighted by Crippen LogP contribution is 2.46. The molecule has 0 atom stereocenters. The highest BCUT2D eigenvalue weighted by atomic mass is 32.2. The molecule has 3 rings (SSSR count). The first-order valence-corrected chi connectivity index (χ1v) is 7.32. The van der Waals surface area contributed by atoms with Crippen molar-refractivity contribution in [2.75, 3.05) is 5.32 Å². The third kappa shape index (κ3) is 1.24. The molecule has 6 heteroatoms. The van der Waals surface area contributed by atoms with Crippen molar-refractivity contribution in [1.82, 2.24) is 0 Å². The Morgan fingerprint density at radius 1 is 1.22 bits per heavy atom. The van der Waals surface area contributed by atoms with E-state index in [2.05, 4.69) is 5.32 Å². The fourth-order valence-corrected chi connectivity index (χ4v) is 5.07. The van der Waals surface area contributed by atoms with E-state index in [1.165, 1.54) is 12.1 Å². The molecule has 0 unspecified atom stereocenters. The maximum Gasteiger partial charge on any atom is 0.246 e.